The Hall–Kier alpha value is -1.56. The molecule has 1 aromatic rings. The summed E-state index contributed by atoms with van der Waals surface area (Å²) in [7, 11) is 0. The molecule has 0 saturated heterocycles. The van der Waals surface area contributed by atoms with Gasteiger partial charge in [-0.1, -0.05) is 12.1 Å². The second kappa shape index (κ2) is 5.18. The van der Waals surface area contributed by atoms with Gasteiger partial charge in [-0.25, -0.2) is 0 Å². The molecule has 1 aromatic carbocycles. The van der Waals surface area contributed by atoms with Gasteiger partial charge in [-0.2, -0.15) is 13.2 Å². The maximum absolute atomic E-state index is 12.0. The first-order valence-corrected chi connectivity index (χ1v) is 4.81. The maximum Gasteiger partial charge on any atom is 0.391 e. The standard InChI is InChI=1S/C11H11F3O3/c1-7(15)17-9-4-2-8(3-5-9)10(16)6-11(12,13)14/h2-5,10,16H,6H2,1H3. The Morgan fingerprint density at radius 3 is 2.29 bits per heavy atom. The summed E-state index contributed by atoms with van der Waals surface area (Å²) in [4.78, 5) is 10.6. The van der Waals surface area contributed by atoms with E-state index in [4.69, 9.17) is 4.74 Å². The van der Waals surface area contributed by atoms with E-state index in [1.54, 1.807) is 0 Å². The molecule has 17 heavy (non-hydrogen) atoms. The summed E-state index contributed by atoms with van der Waals surface area (Å²) in [5, 5.41) is 9.30. The molecular formula is C11H11F3O3. The van der Waals surface area contributed by atoms with Gasteiger partial charge in [-0.3, -0.25) is 4.79 Å². The van der Waals surface area contributed by atoms with Crippen LogP contribution in [0.4, 0.5) is 13.2 Å². The molecule has 0 aromatic heterocycles. The van der Waals surface area contributed by atoms with Crippen molar-refractivity contribution in [3.8, 4) is 5.75 Å². The van der Waals surface area contributed by atoms with Crippen molar-refractivity contribution in [3.05, 3.63) is 29.8 Å². The number of alkyl halides is 3. The van der Waals surface area contributed by atoms with Crippen molar-refractivity contribution in [1.82, 2.24) is 0 Å². The summed E-state index contributed by atoms with van der Waals surface area (Å²) < 4.78 is 40.7. The lowest BCUT2D eigenvalue weighted by Gasteiger charge is -2.13. The van der Waals surface area contributed by atoms with Gasteiger partial charge in [0.1, 0.15) is 5.75 Å². The molecular weight excluding hydrogens is 237 g/mol. The van der Waals surface area contributed by atoms with Gasteiger partial charge in [0.15, 0.2) is 0 Å². The number of aliphatic hydroxyl groups is 1. The SMILES string of the molecule is CC(=O)Oc1ccc(C(O)CC(F)(F)F)cc1. The smallest absolute Gasteiger partial charge is 0.391 e. The molecule has 0 amide bonds. The molecule has 1 rings (SSSR count). The second-order valence-corrected chi connectivity index (χ2v) is 3.50. The Balaban J connectivity index is 2.70. The van der Waals surface area contributed by atoms with Crippen molar-refractivity contribution in [2.24, 2.45) is 0 Å². The summed E-state index contributed by atoms with van der Waals surface area (Å²) in [6.07, 6.45) is -7.34. The second-order valence-electron chi connectivity index (χ2n) is 3.50. The molecule has 1 atom stereocenters. The first-order valence-electron chi connectivity index (χ1n) is 4.81. The van der Waals surface area contributed by atoms with Gasteiger partial charge in [-0.15, -0.1) is 0 Å². The van der Waals surface area contributed by atoms with E-state index in [2.05, 4.69) is 0 Å². The van der Waals surface area contributed by atoms with E-state index in [0.717, 1.165) is 0 Å². The van der Waals surface area contributed by atoms with E-state index in [-0.39, 0.29) is 11.3 Å². The molecule has 6 heteroatoms. The highest BCUT2D eigenvalue weighted by molar-refractivity contribution is 5.69. The van der Waals surface area contributed by atoms with Gasteiger partial charge < -0.3 is 9.84 Å². The van der Waals surface area contributed by atoms with E-state index in [0.29, 0.717) is 0 Å². The van der Waals surface area contributed by atoms with Crippen LogP contribution in [0.1, 0.15) is 25.0 Å². The van der Waals surface area contributed by atoms with Gasteiger partial charge >= 0.3 is 12.1 Å². The van der Waals surface area contributed by atoms with Crippen molar-refractivity contribution in [3.63, 3.8) is 0 Å². The Labute approximate surface area is 95.8 Å². The highest BCUT2D eigenvalue weighted by atomic mass is 19.4. The Bertz CT molecular complexity index is 384. The van der Waals surface area contributed by atoms with Crippen LogP contribution in [-0.4, -0.2) is 17.3 Å². The Kier molecular flexibility index (Phi) is 4.11. The summed E-state index contributed by atoms with van der Waals surface area (Å²) in [5.41, 5.74) is 0.123. The highest BCUT2D eigenvalue weighted by Gasteiger charge is 2.31. The maximum atomic E-state index is 12.0. The number of carbonyl (C=O) groups is 1. The van der Waals surface area contributed by atoms with Crippen molar-refractivity contribution < 1.29 is 27.8 Å². The predicted octanol–water partition coefficient (Wildman–Crippen LogP) is 2.60. The number of halogens is 3. The highest BCUT2D eigenvalue weighted by Crippen LogP contribution is 2.29. The van der Waals surface area contributed by atoms with Crippen LogP contribution >= 0.6 is 0 Å². The minimum atomic E-state index is -4.42. The quantitative estimate of drug-likeness (QED) is 0.660. The third-order valence-corrected chi connectivity index (χ3v) is 1.95. The number of hydrogen-bond acceptors (Lipinski definition) is 3. The minimum Gasteiger partial charge on any atom is -0.427 e. The minimum absolute atomic E-state index is 0.123. The van der Waals surface area contributed by atoms with E-state index in [1.807, 2.05) is 0 Å². The van der Waals surface area contributed by atoms with Crippen molar-refractivity contribution in [2.45, 2.75) is 25.6 Å². The monoisotopic (exact) mass is 248 g/mol. The summed E-state index contributed by atoms with van der Waals surface area (Å²) in [5.74, 6) is -0.297. The van der Waals surface area contributed by atoms with E-state index in [9.17, 15) is 23.1 Å². The molecule has 1 N–H and O–H groups in total. The fraction of sp³-hybridized carbons (Fsp3) is 0.364. The molecule has 1 unspecified atom stereocenters. The summed E-state index contributed by atoms with van der Waals surface area (Å²) in [6, 6.07) is 5.23. The molecule has 0 aliphatic carbocycles. The normalized spacial score (nSPS) is 13.2. The number of aliphatic hydroxyl groups excluding tert-OH is 1. The van der Waals surface area contributed by atoms with Gasteiger partial charge in [0.2, 0.25) is 0 Å². The largest absolute Gasteiger partial charge is 0.427 e. The molecule has 0 radical (unpaired) electrons. The molecule has 0 aliphatic heterocycles. The molecule has 94 valence electrons. The van der Waals surface area contributed by atoms with Gasteiger partial charge in [0.25, 0.3) is 0 Å². The molecule has 0 heterocycles. The first-order chi connectivity index (χ1) is 7.78. The van der Waals surface area contributed by atoms with Crippen molar-refractivity contribution >= 4 is 5.97 Å². The lowest BCUT2D eigenvalue weighted by molar-refractivity contribution is -0.154. The fourth-order valence-corrected chi connectivity index (χ4v) is 1.26. The zero-order chi connectivity index (χ0) is 13.1. The van der Waals surface area contributed by atoms with Gasteiger partial charge in [-0.05, 0) is 17.7 Å². The van der Waals surface area contributed by atoms with E-state index in [1.165, 1.54) is 31.2 Å². The average Bonchev–Trinajstić information content (AvgIpc) is 2.15. The summed E-state index contributed by atoms with van der Waals surface area (Å²) in [6.45, 7) is 1.21. The summed E-state index contributed by atoms with van der Waals surface area (Å²) >= 11 is 0. The Morgan fingerprint density at radius 2 is 1.88 bits per heavy atom. The number of esters is 1. The van der Waals surface area contributed by atoms with E-state index >= 15 is 0 Å². The molecule has 0 fully saturated rings. The lowest BCUT2D eigenvalue weighted by atomic mass is 10.1. The van der Waals surface area contributed by atoms with Crippen LogP contribution < -0.4 is 4.74 Å². The van der Waals surface area contributed by atoms with Gasteiger partial charge in [0.05, 0.1) is 12.5 Å². The predicted molar refractivity (Wildman–Crippen MR) is 53.4 cm³/mol. The zero-order valence-corrected chi connectivity index (χ0v) is 8.99. The molecule has 3 nitrogen and oxygen atoms in total. The third kappa shape index (κ3) is 4.86. The van der Waals surface area contributed by atoms with Crippen LogP contribution in [0.2, 0.25) is 0 Å². The lowest BCUT2D eigenvalue weighted by Crippen LogP contribution is -2.13. The number of carbonyl (C=O) groups excluding carboxylic acids is 1. The fourth-order valence-electron chi connectivity index (χ4n) is 1.26. The van der Waals surface area contributed by atoms with Crippen LogP contribution in [-0.2, 0) is 4.79 Å². The van der Waals surface area contributed by atoms with Crippen LogP contribution in [0.3, 0.4) is 0 Å². The molecule has 0 bridgehead atoms. The van der Waals surface area contributed by atoms with Crippen molar-refractivity contribution in [2.75, 3.05) is 0 Å². The molecule has 0 aliphatic rings. The Morgan fingerprint density at radius 1 is 1.35 bits per heavy atom. The number of benzene rings is 1. The zero-order valence-electron chi connectivity index (χ0n) is 8.99. The topological polar surface area (TPSA) is 46.5 Å². The van der Waals surface area contributed by atoms with Crippen LogP contribution in [0.25, 0.3) is 0 Å². The average molecular weight is 248 g/mol. The first kappa shape index (κ1) is 13.5. The molecule has 0 spiro atoms. The van der Waals surface area contributed by atoms with Crippen LogP contribution in [0, 0.1) is 0 Å². The number of hydrogen-bond donors (Lipinski definition) is 1. The van der Waals surface area contributed by atoms with E-state index < -0.39 is 24.7 Å². The number of ether oxygens (including phenoxy) is 1. The van der Waals surface area contributed by atoms with Gasteiger partial charge in [0, 0.05) is 6.92 Å². The number of rotatable bonds is 3. The van der Waals surface area contributed by atoms with Crippen LogP contribution in [0.15, 0.2) is 24.3 Å². The van der Waals surface area contributed by atoms with Crippen molar-refractivity contribution in [1.29, 1.82) is 0 Å². The third-order valence-electron chi connectivity index (χ3n) is 1.95. The van der Waals surface area contributed by atoms with Crippen LogP contribution in [0.5, 0.6) is 5.75 Å². The molecule has 0 saturated carbocycles.